The summed E-state index contributed by atoms with van der Waals surface area (Å²) >= 11 is 0. The first-order valence-corrected chi connectivity index (χ1v) is 7.83. The Labute approximate surface area is 127 Å². The van der Waals surface area contributed by atoms with E-state index in [1.807, 2.05) is 31.2 Å². The first-order valence-electron chi connectivity index (χ1n) is 7.83. The summed E-state index contributed by atoms with van der Waals surface area (Å²) in [7, 11) is 0. The summed E-state index contributed by atoms with van der Waals surface area (Å²) in [5, 5.41) is 0. The van der Waals surface area contributed by atoms with E-state index in [-0.39, 0.29) is 5.78 Å². The molecule has 1 N–H and O–H groups in total. The molecule has 116 valence electrons. The van der Waals surface area contributed by atoms with Crippen LogP contribution in [0.2, 0.25) is 0 Å². The molecule has 1 aliphatic heterocycles. The van der Waals surface area contributed by atoms with Crippen LogP contribution in [0.1, 0.15) is 37.6 Å². The van der Waals surface area contributed by atoms with Crippen LogP contribution in [0.5, 0.6) is 5.75 Å². The fourth-order valence-corrected chi connectivity index (χ4v) is 2.85. The van der Waals surface area contributed by atoms with E-state index >= 15 is 0 Å². The van der Waals surface area contributed by atoms with Crippen molar-refractivity contribution in [1.29, 1.82) is 0 Å². The molecule has 1 heterocycles. The number of hydrogen-bond acceptors (Lipinski definition) is 3. The summed E-state index contributed by atoms with van der Waals surface area (Å²) in [5.74, 6) is 0.999. The molecule has 1 aliphatic rings. The van der Waals surface area contributed by atoms with Crippen molar-refractivity contribution < 1.29 is 19.2 Å². The molecular weight excluding hydrogens is 266 g/mol. The Morgan fingerprint density at radius 3 is 2.43 bits per heavy atom. The molecule has 1 aromatic carbocycles. The molecule has 4 heteroatoms. The van der Waals surface area contributed by atoms with Crippen LogP contribution in [0.4, 0.5) is 0 Å². The Kier molecular flexibility index (Phi) is 5.76. The number of ether oxygens (including phenoxy) is 2. The highest BCUT2D eigenvalue weighted by Crippen LogP contribution is 2.13. The maximum atomic E-state index is 11.6. The predicted molar refractivity (Wildman–Crippen MR) is 82.1 cm³/mol. The van der Waals surface area contributed by atoms with Crippen LogP contribution in [0.25, 0.3) is 0 Å². The van der Waals surface area contributed by atoms with Gasteiger partial charge in [-0.25, -0.2) is 0 Å². The molecule has 0 aliphatic carbocycles. The van der Waals surface area contributed by atoms with Gasteiger partial charge in [-0.1, -0.05) is 6.92 Å². The third-order valence-corrected chi connectivity index (χ3v) is 3.84. The number of benzene rings is 1. The molecule has 4 nitrogen and oxygen atoms in total. The lowest BCUT2D eigenvalue weighted by atomic mass is 10.1. The van der Waals surface area contributed by atoms with Crippen molar-refractivity contribution in [2.24, 2.45) is 0 Å². The van der Waals surface area contributed by atoms with Crippen LogP contribution in [-0.2, 0) is 4.74 Å². The highest BCUT2D eigenvalue weighted by Gasteiger charge is 2.25. The number of carbonyl (C=O) groups excluding carboxylic acids is 1. The summed E-state index contributed by atoms with van der Waals surface area (Å²) in [6, 6.07) is 7.44. The predicted octanol–water partition coefficient (Wildman–Crippen LogP) is 1.35. The third-order valence-electron chi connectivity index (χ3n) is 3.84. The Balaban J connectivity index is 1.77. The molecule has 21 heavy (non-hydrogen) atoms. The van der Waals surface area contributed by atoms with E-state index in [0.29, 0.717) is 25.2 Å². The number of Topliss-reactive ketones (excluding diaryl/α,β-unsaturated/α-hetero) is 1. The van der Waals surface area contributed by atoms with Crippen molar-refractivity contribution in [1.82, 2.24) is 0 Å². The van der Waals surface area contributed by atoms with Gasteiger partial charge >= 0.3 is 0 Å². The van der Waals surface area contributed by atoms with Gasteiger partial charge in [0, 0.05) is 12.0 Å². The van der Waals surface area contributed by atoms with Gasteiger partial charge in [0.05, 0.1) is 0 Å². The number of carbonyl (C=O) groups is 1. The molecular formula is C17H26NO3+. The molecule has 0 unspecified atom stereocenters. The molecule has 0 spiro atoms. The average molecular weight is 292 g/mol. The van der Waals surface area contributed by atoms with Crippen molar-refractivity contribution in [3.05, 3.63) is 29.8 Å². The topological polar surface area (TPSA) is 40.0 Å². The van der Waals surface area contributed by atoms with Gasteiger partial charge in [0.25, 0.3) is 0 Å². The summed E-state index contributed by atoms with van der Waals surface area (Å²) in [4.78, 5) is 13.1. The Morgan fingerprint density at radius 1 is 1.24 bits per heavy atom. The van der Waals surface area contributed by atoms with Crippen LogP contribution in [0.3, 0.4) is 0 Å². The van der Waals surface area contributed by atoms with Crippen LogP contribution >= 0.6 is 0 Å². The van der Waals surface area contributed by atoms with Gasteiger partial charge in [-0.15, -0.1) is 0 Å². The maximum Gasteiger partial charge on any atom is 0.162 e. The number of ketones is 1. The fourth-order valence-electron chi connectivity index (χ4n) is 2.85. The van der Waals surface area contributed by atoms with E-state index in [1.165, 1.54) is 4.90 Å². The largest absolute Gasteiger partial charge is 0.488 e. The summed E-state index contributed by atoms with van der Waals surface area (Å²) in [6.45, 7) is 9.87. The lowest BCUT2D eigenvalue weighted by molar-refractivity contribution is -0.915. The summed E-state index contributed by atoms with van der Waals surface area (Å²) in [6.07, 6.45) is 1.18. The molecule has 0 amide bonds. The van der Waals surface area contributed by atoms with E-state index in [2.05, 4.69) is 13.8 Å². The molecule has 0 saturated carbocycles. The lowest BCUT2D eigenvalue weighted by Gasteiger charge is -2.32. The normalized spacial score (nSPS) is 25.6. The minimum Gasteiger partial charge on any atom is -0.488 e. The molecule has 2 rings (SSSR count). The van der Waals surface area contributed by atoms with Crippen molar-refractivity contribution in [3.8, 4) is 5.75 Å². The average Bonchev–Trinajstić information content (AvgIpc) is 2.46. The number of morpholine rings is 1. The Bertz CT molecular complexity index is 448. The second-order valence-corrected chi connectivity index (χ2v) is 5.82. The highest BCUT2D eigenvalue weighted by molar-refractivity contribution is 5.95. The molecule has 0 aromatic heterocycles. The van der Waals surface area contributed by atoms with Gasteiger partial charge in [-0.05, 0) is 38.1 Å². The van der Waals surface area contributed by atoms with E-state index < -0.39 is 0 Å². The lowest BCUT2D eigenvalue weighted by Crippen LogP contribution is -3.16. The first kappa shape index (κ1) is 16.0. The minimum atomic E-state index is 0.169. The van der Waals surface area contributed by atoms with Crippen molar-refractivity contribution in [3.63, 3.8) is 0 Å². The van der Waals surface area contributed by atoms with E-state index in [0.717, 1.165) is 30.9 Å². The zero-order valence-corrected chi connectivity index (χ0v) is 13.2. The summed E-state index contributed by atoms with van der Waals surface area (Å²) < 4.78 is 11.5. The standard InChI is InChI=1S/C17H25NO3/c1-4-17(19)15-5-7-16(8-6-15)20-10-9-18-11-13(2)21-14(3)12-18/h5-8,13-14H,4,9-12H2,1-3H3/p+1/t13-,14-/m1/s1. The molecule has 1 fully saturated rings. The van der Waals surface area contributed by atoms with Crippen LogP contribution in [-0.4, -0.2) is 44.2 Å². The van der Waals surface area contributed by atoms with Crippen LogP contribution < -0.4 is 9.64 Å². The Hall–Kier alpha value is -1.39. The second kappa shape index (κ2) is 7.57. The van der Waals surface area contributed by atoms with Crippen LogP contribution in [0, 0.1) is 0 Å². The second-order valence-electron chi connectivity index (χ2n) is 5.82. The van der Waals surface area contributed by atoms with Crippen molar-refractivity contribution in [2.45, 2.75) is 39.4 Å². The van der Waals surface area contributed by atoms with Gasteiger partial charge in [0.2, 0.25) is 0 Å². The monoisotopic (exact) mass is 292 g/mol. The molecule has 2 atom stereocenters. The number of nitrogens with one attached hydrogen (secondary N) is 1. The SMILES string of the molecule is CCC(=O)c1ccc(OCC[NH+]2C[C@@H](C)O[C@H](C)C2)cc1. The highest BCUT2D eigenvalue weighted by atomic mass is 16.5. The smallest absolute Gasteiger partial charge is 0.162 e. The summed E-state index contributed by atoms with van der Waals surface area (Å²) in [5.41, 5.74) is 0.756. The van der Waals surface area contributed by atoms with E-state index in [4.69, 9.17) is 9.47 Å². The molecule has 0 radical (unpaired) electrons. The van der Waals surface area contributed by atoms with Gasteiger partial charge < -0.3 is 14.4 Å². The molecule has 1 saturated heterocycles. The fraction of sp³-hybridized carbons (Fsp3) is 0.588. The van der Waals surface area contributed by atoms with Gasteiger partial charge in [-0.2, -0.15) is 0 Å². The van der Waals surface area contributed by atoms with Gasteiger partial charge in [0.1, 0.15) is 44.2 Å². The molecule has 0 bridgehead atoms. The first-order chi connectivity index (χ1) is 10.1. The minimum absolute atomic E-state index is 0.169. The van der Waals surface area contributed by atoms with Crippen LogP contribution in [0.15, 0.2) is 24.3 Å². The van der Waals surface area contributed by atoms with E-state index in [9.17, 15) is 4.79 Å². The van der Waals surface area contributed by atoms with Crippen molar-refractivity contribution >= 4 is 5.78 Å². The number of rotatable bonds is 6. The molecule has 1 aromatic rings. The zero-order valence-electron chi connectivity index (χ0n) is 13.2. The van der Waals surface area contributed by atoms with Gasteiger partial charge in [-0.3, -0.25) is 4.79 Å². The maximum absolute atomic E-state index is 11.6. The zero-order chi connectivity index (χ0) is 15.2. The third kappa shape index (κ3) is 4.83. The van der Waals surface area contributed by atoms with E-state index in [1.54, 1.807) is 0 Å². The quantitative estimate of drug-likeness (QED) is 0.805. The van der Waals surface area contributed by atoms with Gasteiger partial charge in [0.15, 0.2) is 5.78 Å². The van der Waals surface area contributed by atoms with Crippen molar-refractivity contribution in [2.75, 3.05) is 26.2 Å². The Morgan fingerprint density at radius 2 is 1.86 bits per heavy atom. The number of quaternary nitrogens is 1. The number of hydrogen-bond donors (Lipinski definition) is 1.